The monoisotopic (exact) mass is 492 g/mol. The van der Waals surface area contributed by atoms with Gasteiger partial charge in [0.1, 0.15) is 0 Å². The summed E-state index contributed by atoms with van der Waals surface area (Å²) in [5.41, 5.74) is 7.89. The second kappa shape index (κ2) is 9.94. The van der Waals surface area contributed by atoms with Crippen molar-refractivity contribution >= 4 is 50.8 Å². The van der Waals surface area contributed by atoms with Crippen LogP contribution in [-0.2, 0) is 11.3 Å². The Morgan fingerprint density at radius 2 is 1.94 bits per heavy atom. The number of aryl methyl sites for hydroxylation is 1. The van der Waals surface area contributed by atoms with E-state index >= 15 is 0 Å². The third-order valence-electron chi connectivity index (χ3n) is 4.66. The van der Waals surface area contributed by atoms with Gasteiger partial charge in [0, 0.05) is 4.47 Å². The fourth-order valence-corrected chi connectivity index (χ4v) is 4.34. The molecule has 5 nitrogen and oxygen atoms in total. The number of aromatic nitrogens is 2. The number of fused-ring (bicyclic) bond motifs is 1. The molecule has 0 fully saturated rings. The van der Waals surface area contributed by atoms with Gasteiger partial charge in [0.05, 0.1) is 29.5 Å². The van der Waals surface area contributed by atoms with Gasteiger partial charge in [-0.2, -0.15) is 5.10 Å². The zero-order chi connectivity index (χ0) is 21.6. The van der Waals surface area contributed by atoms with Crippen molar-refractivity contribution < 1.29 is 4.79 Å². The average Bonchev–Trinajstić information content (AvgIpc) is 3.11. The number of carbonyl (C=O) groups is 1. The van der Waals surface area contributed by atoms with Crippen LogP contribution >= 0.6 is 27.7 Å². The Labute approximate surface area is 193 Å². The standard InChI is InChI=1S/C24H21BrN4OS/c1-17-9-11-18(12-10-17)15-29-22-8-3-2-7-21(22)27-24(29)31-16-23(30)28-26-14-19-5-4-6-20(25)13-19/h2-14H,15-16H2,1H3,(H,28,30)/b26-14-. The lowest BCUT2D eigenvalue weighted by molar-refractivity contribution is -0.118. The molecule has 7 heteroatoms. The predicted molar refractivity (Wildman–Crippen MR) is 131 cm³/mol. The van der Waals surface area contributed by atoms with Gasteiger partial charge in [0.15, 0.2) is 5.16 Å². The second-order valence-electron chi connectivity index (χ2n) is 7.09. The lowest BCUT2D eigenvalue weighted by Crippen LogP contribution is -2.20. The number of thioether (sulfide) groups is 1. The maximum absolute atomic E-state index is 12.3. The van der Waals surface area contributed by atoms with Crippen molar-refractivity contribution in [3.05, 3.63) is 94.0 Å². The van der Waals surface area contributed by atoms with Crippen LogP contribution in [0.5, 0.6) is 0 Å². The fourth-order valence-electron chi connectivity index (χ4n) is 3.12. The highest BCUT2D eigenvalue weighted by atomic mass is 79.9. The predicted octanol–water partition coefficient (Wildman–Crippen LogP) is 5.40. The Bertz CT molecular complexity index is 1230. The molecule has 1 amide bonds. The molecule has 0 spiro atoms. The zero-order valence-corrected chi connectivity index (χ0v) is 19.4. The number of nitrogens with one attached hydrogen (secondary N) is 1. The van der Waals surface area contributed by atoms with E-state index < -0.39 is 0 Å². The molecule has 0 aliphatic heterocycles. The summed E-state index contributed by atoms with van der Waals surface area (Å²) >= 11 is 4.83. The highest BCUT2D eigenvalue weighted by molar-refractivity contribution is 9.10. The molecular formula is C24H21BrN4OS. The number of rotatable bonds is 7. The van der Waals surface area contributed by atoms with E-state index in [1.165, 1.54) is 22.9 Å². The van der Waals surface area contributed by atoms with Crippen molar-refractivity contribution in [3.63, 3.8) is 0 Å². The number of carbonyl (C=O) groups excluding carboxylic acids is 1. The van der Waals surface area contributed by atoms with Crippen molar-refractivity contribution in [2.45, 2.75) is 18.6 Å². The topological polar surface area (TPSA) is 59.3 Å². The molecule has 0 aliphatic carbocycles. The van der Waals surface area contributed by atoms with Gasteiger partial charge in [-0.1, -0.05) is 81.8 Å². The molecule has 4 aromatic rings. The van der Waals surface area contributed by atoms with Crippen LogP contribution in [0, 0.1) is 6.92 Å². The maximum Gasteiger partial charge on any atom is 0.250 e. The summed E-state index contributed by atoms with van der Waals surface area (Å²) in [6.07, 6.45) is 1.62. The lowest BCUT2D eigenvalue weighted by Gasteiger charge is -2.09. The SMILES string of the molecule is Cc1ccc(Cn2c(SCC(=O)N/N=C\c3cccc(Br)c3)nc3ccccc32)cc1. The number of hydrazone groups is 1. The van der Waals surface area contributed by atoms with Crippen LogP contribution in [0.3, 0.4) is 0 Å². The summed E-state index contributed by atoms with van der Waals surface area (Å²) in [4.78, 5) is 17.0. The molecule has 0 saturated carbocycles. The molecule has 1 heterocycles. The van der Waals surface area contributed by atoms with Gasteiger partial charge in [-0.05, 0) is 42.3 Å². The van der Waals surface area contributed by atoms with Gasteiger partial charge in [-0.15, -0.1) is 0 Å². The Morgan fingerprint density at radius 3 is 2.74 bits per heavy atom. The van der Waals surface area contributed by atoms with Gasteiger partial charge in [0.2, 0.25) is 0 Å². The van der Waals surface area contributed by atoms with Crippen molar-refractivity contribution in [2.75, 3.05) is 5.75 Å². The highest BCUT2D eigenvalue weighted by Crippen LogP contribution is 2.25. The second-order valence-corrected chi connectivity index (χ2v) is 8.95. The first kappa shape index (κ1) is 21.3. The molecule has 3 aromatic carbocycles. The van der Waals surface area contributed by atoms with E-state index in [9.17, 15) is 4.79 Å². The largest absolute Gasteiger partial charge is 0.314 e. The number of hydrogen-bond donors (Lipinski definition) is 1. The molecule has 0 bridgehead atoms. The van der Waals surface area contributed by atoms with E-state index in [0.717, 1.165) is 26.2 Å². The lowest BCUT2D eigenvalue weighted by atomic mass is 10.1. The number of nitrogens with zero attached hydrogens (tertiary/aromatic N) is 3. The van der Waals surface area contributed by atoms with Gasteiger partial charge in [0.25, 0.3) is 5.91 Å². The summed E-state index contributed by atoms with van der Waals surface area (Å²) < 4.78 is 3.12. The summed E-state index contributed by atoms with van der Waals surface area (Å²) in [5.74, 6) is 0.0535. The quantitative estimate of drug-likeness (QED) is 0.213. The van der Waals surface area contributed by atoms with Crippen LogP contribution < -0.4 is 5.43 Å². The minimum atomic E-state index is -0.176. The summed E-state index contributed by atoms with van der Waals surface area (Å²) in [7, 11) is 0. The van der Waals surface area contributed by atoms with E-state index in [1.807, 2.05) is 42.5 Å². The molecule has 0 unspecified atom stereocenters. The molecule has 0 radical (unpaired) electrons. The molecule has 4 rings (SSSR count). The van der Waals surface area contributed by atoms with E-state index in [4.69, 9.17) is 4.98 Å². The molecule has 0 saturated heterocycles. The van der Waals surface area contributed by atoms with Crippen LogP contribution in [0.15, 0.2) is 87.5 Å². The van der Waals surface area contributed by atoms with Crippen molar-refractivity contribution in [2.24, 2.45) is 5.10 Å². The van der Waals surface area contributed by atoms with Crippen LogP contribution in [0.2, 0.25) is 0 Å². The van der Waals surface area contributed by atoms with Gasteiger partial charge < -0.3 is 4.57 Å². The first-order valence-corrected chi connectivity index (χ1v) is 11.6. The van der Waals surface area contributed by atoms with E-state index in [2.05, 4.69) is 68.3 Å². The Hall–Kier alpha value is -2.90. The normalized spacial score (nSPS) is 11.3. The maximum atomic E-state index is 12.3. The van der Waals surface area contributed by atoms with Crippen LogP contribution in [0.25, 0.3) is 11.0 Å². The highest BCUT2D eigenvalue weighted by Gasteiger charge is 2.13. The first-order chi connectivity index (χ1) is 15.1. The van der Waals surface area contributed by atoms with Crippen LogP contribution in [0.1, 0.15) is 16.7 Å². The molecule has 1 N–H and O–H groups in total. The number of amides is 1. The number of benzene rings is 3. The molecule has 31 heavy (non-hydrogen) atoms. The number of halogens is 1. The van der Waals surface area contributed by atoms with E-state index in [-0.39, 0.29) is 11.7 Å². The van der Waals surface area contributed by atoms with Gasteiger partial charge in [-0.25, -0.2) is 10.4 Å². The Morgan fingerprint density at radius 1 is 1.13 bits per heavy atom. The van der Waals surface area contributed by atoms with E-state index in [1.54, 1.807) is 6.21 Å². The molecule has 156 valence electrons. The summed E-state index contributed by atoms with van der Waals surface area (Å²) in [6, 6.07) is 24.2. The number of imidazole rings is 1. The molecule has 0 atom stereocenters. The smallest absolute Gasteiger partial charge is 0.250 e. The van der Waals surface area contributed by atoms with Crippen molar-refractivity contribution in [1.82, 2.24) is 15.0 Å². The Kier molecular flexibility index (Phi) is 6.84. The van der Waals surface area contributed by atoms with Gasteiger partial charge >= 0.3 is 0 Å². The van der Waals surface area contributed by atoms with Crippen LogP contribution in [0.4, 0.5) is 0 Å². The summed E-state index contributed by atoms with van der Waals surface area (Å²) in [5, 5.41) is 4.86. The molecular weight excluding hydrogens is 472 g/mol. The van der Waals surface area contributed by atoms with Crippen molar-refractivity contribution in [3.8, 4) is 0 Å². The third-order valence-corrected chi connectivity index (χ3v) is 6.13. The molecule has 1 aromatic heterocycles. The fraction of sp³-hybridized carbons (Fsp3) is 0.125. The molecule has 0 aliphatic rings. The number of para-hydroxylation sites is 2. The third kappa shape index (κ3) is 5.62. The summed E-state index contributed by atoms with van der Waals surface area (Å²) in [6.45, 7) is 2.78. The van der Waals surface area contributed by atoms with Crippen molar-refractivity contribution in [1.29, 1.82) is 0 Å². The minimum Gasteiger partial charge on any atom is -0.314 e. The van der Waals surface area contributed by atoms with E-state index in [0.29, 0.717) is 6.54 Å². The van der Waals surface area contributed by atoms with Crippen LogP contribution in [-0.4, -0.2) is 27.4 Å². The minimum absolute atomic E-state index is 0.176. The number of hydrogen-bond acceptors (Lipinski definition) is 4. The first-order valence-electron chi connectivity index (χ1n) is 9.79. The zero-order valence-electron chi connectivity index (χ0n) is 17.0. The average molecular weight is 493 g/mol. The Balaban J connectivity index is 1.45. The van der Waals surface area contributed by atoms with Gasteiger partial charge in [-0.3, -0.25) is 4.79 Å².